The summed E-state index contributed by atoms with van der Waals surface area (Å²) < 4.78 is 0. The molecule has 27 heavy (non-hydrogen) atoms. The Labute approximate surface area is 169 Å². The zero-order chi connectivity index (χ0) is 19.2. The van der Waals surface area contributed by atoms with Crippen LogP contribution in [0, 0.1) is 33.5 Å². The molecule has 0 aliphatic heterocycles. The maximum absolute atomic E-state index is 9.81. The van der Waals surface area contributed by atoms with Crippen molar-refractivity contribution in [3.63, 3.8) is 0 Å². The summed E-state index contributed by atoms with van der Waals surface area (Å²) in [6, 6.07) is 2.76. The first-order chi connectivity index (χ1) is 13.1. The lowest BCUT2D eigenvalue weighted by molar-refractivity contribution is -0.0690. The average molecular weight is 372 g/mol. The summed E-state index contributed by atoms with van der Waals surface area (Å²) in [4.78, 5) is 0. The minimum Gasteiger partial charge on any atom is -0.198 e. The van der Waals surface area contributed by atoms with Crippen molar-refractivity contribution in [2.75, 3.05) is 0 Å². The minimum absolute atomic E-state index is 0.0364. The fourth-order valence-corrected chi connectivity index (χ4v) is 7.10. The van der Waals surface area contributed by atoms with Gasteiger partial charge in [-0.15, -0.1) is 0 Å². The topological polar surface area (TPSA) is 23.8 Å². The van der Waals surface area contributed by atoms with Crippen LogP contribution in [0.15, 0.2) is 0 Å². The molecule has 154 valence electrons. The SMILES string of the molecule is CCCCCCCC12CCC(C3CCC(C#N)(CCCC)CC3)(CC1)CC2. The molecule has 4 saturated carbocycles. The maximum atomic E-state index is 9.81. The highest BCUT2D eigenvalue weighted by Gasteiger charge is 2.52. The molecule has 0 unspecified atom stereocenters. The second-order valence-corrected chi connectivity index (χ2v) is 10.8. The Kier molecular flexibility index (Phi) is 7.32. The molecule has 0 amide bonds. The van der Waals surface area contributed by atoms with Crippen molar-refractivity contribution < 1.29 is 0 Å². The van der Waals surface area contributed by atoms with Crippen LogP contribution < -0.4 is 0 Å². The van der Waals surface area contributed by atoms with Gasteiger partial charge in [0.25, 0.3) is 0 Å². The predicted molar refractivity (Wildman–Crippen MR) is 115 cm³/mol. The number of fused-ring (bicyclic) bond motifs is 3. The van der Waals surface area contributed by atoms with E-state index in [-0.39, 0.29) is 5.41 Å². The van der Waals surface area contributed by atoms with Crippen LogP contribution in [0.1, 0.15) is 136 Å². The van der Waals surface area contributed by atoms with Gasteiger partial charge in [0.15, 0.2) is 0 Å². The van der Waals surface area contributed by atoms with E-state index in [0.717, 1.165) is 17.8 Å². The molecule has 0 radical (unpaired) electrons. The van der Waals surface area contributed by atoms with Crippen LogP contribution in [-0.4, -0.2) is 0 Å². The predicted octanol–water partition coefficient (Wildman–Crippen LogP) is 8.58. The van der Waals surface area contributed by atoms with E-state index in [2.05, 4.69) is 19.9 Å². The zero-order valence-corrected chi connectivity index (χ0v) is 18.5. The molecule has 1 heteroatoms. The van der Waals surface area contributed by atoms with E-state index >= 15 is 0 Å². The minimum atomic E-state index is 0.0364. The molecule has 0 aromatic heterocycles. The van der Waals surface area contributed by atoms with Gasteiger partial charge in [-0.1, -0.05) is 58.8 Å². The first kappa shape index (κ1) is 21.2. The van der Waals surface area contributed by atoms with Crippen LogP contribution >= 0.6 is 0 Å². The van der Waals surface area contributed by atoms with Gasteiger partial charge in [0.2, 0.25) is 0 Å². The number of nitrogens with zero attached hydrogens (tertiary/aromatic N) is 1. The Bertz CT molecular complexity index is 466. The molecule has 0 heterocycles. The first-order valence-corrected chi connectivity index (χ1v) is 12.5. The Morgan fingerprint density at radius 1 is 0.704 bits per heavy atom. The van der Waals surface area contributed by atoms with E-state index < -0.39 is 0 Å². The number of nitriles is 1. The lowest BCUT2D eigenvalue weighted by Crippen LogP contribution is -2.47. The number of hydrogen-bond acceptors (Lipinski definition) is 1. The molecule has 0 saturated heterocycles. The Morgan fingerprint density at radius 3 is 1.85 bits per heavy atom. The summed E-state index contributed by atoms with van der Waals surface area (Å²) >= 11 is 0. The summed E-state index contributed by atoms with van der Waals surface area (Å²) in [6.07, 6.45) is 26.6. The highest BCUT2D eigenvalue weighted by atomic mass is 14.6. The highest BCUT2D eigenvalue weighted by Crippen LogP contribution is 2.64. The first-order valence-electron chi connectivity index (χ1n) is 12.5. The Hall–Kier alpha value is -0.510. The van der Waals surface area contributed by atoms with Gasteiger partial charge in [-0.05, 0) is 93.8 Å². The average Bonchev–Trinajstić information content (AvgIpc) is 2.74. The fraction of sp³-hybridized carbons (Fsp3) is 0.962. The van der Waals surface area contributed by atoms with E-state index in [4.69, 9.17) is 0 Å². The van der Waals surface area contributed by atoms with E-state index in [1.54, 1.807) is 0 Å². The number of hydrogen-bond donors (Lipinski definition) is 0. The van der Waals surface area contributed by atoms with Gasteiger partial charge in [-0.25, -0.2) is 0 Å². The van der Waals surface area contributed by atoms with E-state index in [9.17, 15) is 5.26 Å². The molecule has 0 spiro atoms. The van der Waals surface area contributed by atoms with Gasteiger partial charge in [0.05, 0.1) is 11.5 Å². The Morgan fingerprint density at radius 2 is 1.30 bits per heavy atom. The molecule has 0 N–H and O–H groups in total. The molecule has 1 nitrogen and oxygen atoms in total. The molecular weight excluding hydrogens is 326 g/mol. The van der Waals surface area contributed by atoms with Crippen molar-refractivity contribution in [1.82, 2.24) is 0 Å². The quantitative estimate of drug-likeness (QED) is 0.353. The summed E-state index contributed by atoms with van der Waals surface area (Å²) in [5.41, 5.74) is 1.45. The molecule has 0 atom stereocenters. The van der Waals surface area contributed by atoms with Gasteiger partial charge in [0.1, 0.15) is 0 Å². The third-order valence-corrected chi connectivity index (χ3v) is 9.33. The lowest BCUT2D eigenvalue weighted by atomic mass is 9.47. The molecule has 4 aliphatic carbocycles. The van der Waals surface area contributed by atoms with Gasteiger partial charge < -0.3 is 0 Å². The maximum Gasteiger partial charge on any atom is 0.0689 e. The van der Waals surface area contributed by atoms with Gasteiger partial charge in [0, 0.05) is 0 Å². The third-order valence-electron chi connectivity index (χ3n) is 9.33. The van der Waals surface area contributed by atoms with E-state index in [0.29, 0.717) is 5.41 Å². The number of rotatable bonds is 10. The van der Waals surface area contributed by atoms with Gasteiger partial charge in [-0.2, -0.15) is 5.26 Å². The van der Waals surface area contributed by atoms with Crippen LogP contribution in [0.2, 0.25) is 0 Å². The van der Waals surface area contributed by atoms with Crippen molar-refractivity contribution in [1.29, 1.82) is 5.26 Å². The third kappa shape index (κ3) is 4.74. The zero-order valence-electron chi connectivity index (χ0n) is 18.5. The summed E-state index contributed by atoms with van der Waals surface area (Å²) in [5.74, 6) is 0.934. The summed E-state index contributed by atoms with van der Waals surface area (Å²) in [5, 5.41) is 9.81. The van der Waals surface area contributed by atoms with Crippen molar-refractivity contribution >= 4 is 0 Å². The normalized spacial score (nSPS) is 38.6. The fourth-order valence-electron chi connectivity index (χ4n) is 7.10. The van der Waals surface area contributed by atoms with Gasteiger partial charge in [-0.3, -0.25) is 0 Å². The molecule has 4 rings (SSSR count). The monoisotopic (exact) mass is 371 g/mol. The molecule has 4 fully saturated rings. The largest absolute Gasteiger partial charge is 0.198 e. The van der Waals surface area contributed by atoms with Gasteiger partial charge >= 0.3 is 0 Å². The van der Waals surface area contributed by atoms with Crippen molar-refractivity contribution in [3.8, 4) is 6.07 Å². The standard InChI is InChI=1S/C26H45N/c1-3-5-7-8-9-13-24-16-19-26(20-17-24,21-18-24)23-10-14-25(22-27,15-11-23)12-6-4-2/h23H,3-21H2,1-2H3. The van der Waals surface area contributed by atoms with E-state index in [1.807, 2.05) is 0 Å². The number of unbranched alkanes of at least 4 members (excludes halogenated alkanes) is 5. The highest BCUT2D eigenvalue weighted by molar-refractivity contribution is 5.07. The van der Waals surface area contributed by atoms with Crippen LogP contribution in [0.5, 0.6) is 0 Å². The second-order valence-electron chi connectivity index (χ2n) is 10.8. The van der Waals surface area contributed by atoms with Crippen molar-refractivity contribution in [3.05, 3.63) is 0 Å². The van der Waals surface area contributed by atoms with Crippen molar-refractivity contribution in [2.24, 2.45) is 22.2 Å². The second kappa shape index (κ2) is 9.33. The summed E-state index contributed by atoms with van der Waals surface area (Å²) in [7, 11) is 0. The molecule has 0 aromatic rings. The van der Waals surface area contributed by atoms with Crippen molar-refractivity contribution in [2.45, 2.75) is 136 Å². The van der Waals surface area contributed by atoms with E-state index in [1.165, 1.54) is 116 Å². The lowest BCUT2D eigenvalue weighted by Gasteiger charge is -2.58. The van der Waals surface area contributed by atoms with Crippen LogP contribution in [0.25, 0.3) is 0 Å². The van der Waals surface area contributed by atoms with Crippen LogP contribution in [0.4, 0.5) is 0 Å². The molecular formula is C26H45N. The van der Waals surface area contributed by atoms with Crippen LogP contribution in [-0.2, 0) is 0 Å². The smallest absolute Gasteiger partial charge is 0.0689 e. The molecule has 2 bridgehead atoms. The Balaban J connectivity index is 1.48. The summed E-state index contributed by atoms with van der Waals surface area (Å²) in [6.45, 7) is 4.58. The molecule has 4 aliphatic rings. The van der Waals surface area contributed by atoms with Crippen LogP contribution in [0.3, 0.4) is 0 Å². The molecule has 0 aromatic carbocycles.